The highest BCUT2D eigenvalue weighted by molar-refractivity contribution is 7.14. The molecule has 34 heavy (non-hydrogen) atoms. The van der Waals surface area contributed by atoms with Crippen LogP contribution in [0.15, 0.2) is 42.5 Å². The van der Waals surface area contributed by atoms with Crippen LogP contribution < -0.4 is 15.2 Å². The molecule has 0 saturated carbocycles. The van der Waals surface area contributed by atoms with Crippen LogP contribution in [0.4, 0.5) is 13.2 Å². The Labute approximate surface area is 198 Å². The van der Waals surface area contributed by atoms with Crippen molar-refractivity contribution < 1.29 is 27.8 Å². The highest BCUT2D eigenvalue weighted by atomic mass is 32.1. The molecule has 11 heteroatoms. The van der Waals surface area contributed by atoms with Gasteiger partial charge < -0.3 is 20.3 Å². The Hall–Kier alpha value is -3.20. The summed E-state index contributed by atoms with van der Waals surface area (Å²) in [6.07, 6.45) is -3.63. The molecule has 0 radical (unpaired) electrons. The Kier molecular flexibility index (Phi) is 8.09. The lowest BCUT2D eigenvalue weighted by atomic mass is 10.1. The number of ether oxygens (including phenoxy) is 2. The van der Waals surface area contributed by atoms with Gasteiger partial charge in [-0.2, -0.15) is 18.4 Å². The van der Waals surface area contributed by atoms with Crippen LogP contribution in [0, 0.1) is 11.3 Å². The number of para-hydroxylation sites is 1. The average Bonchev–Trinajstić information content (AvgIpc) is 3.32. The number of benzene rings is 2. The second-order valence-electron chi connectivity index (χ2n) is 7.71. The van der Waals surface area contributed by atoms with E-state index in [0.717, 1.165) is 17.4 Å². The number of halogens is 3. The minimum absolute atomic E-state index is 0.0661. The Morgan fingerprint density at radius 3 is 2.38 bits per heavy atom. The molecule has 2 aromatic carbocycles. The van der Waals surface area contributed by atoms with Crippen LogP contribution in [0.5, 0.6) is 11.5 Å². The zero-order valence-corrected chi connectivity index (χ0v) is 19.1. The van der Waals surface area contributed by atoms with E-state index in [1.165, 1.54) is 12.1 Å². The number of alkyl halides is 3. The summed E-state index contributed by atoms with van der Waals surface area (Å²) in [5.74, 6) is 0.186. The van der Waals surface area contributed by atoms with Crippen molar-refractivity contribution in [3.63, 3.8) is 0 Å². The summed E-state index contributed by atoms with van der Waals surface area (Å²) < 4.78 is 52.0. The Bertz CT molecular complexity index is 1160. The summed E-state index contributed by atoms with van der Waals surface area (Å²) in [6.45, 7) is 1.55. The lowest BCUT2D eigenvalue weighted by Crippen LogP contribution is -2.36. The van der Waals surface area contributed by atoms with E-state index in [2.05, 4.69) is 10.2 Å². The van der Waals surface area contributed by atoms with E-state index in [0.29, 0.717) is 35.8 Å². The highest BCUT2D eigenvalue weighted by Gasteiger charge is 2.35. The number of nitrogens with two attached hydrogens (primary N) is 1. The van der Waals surface area contributed by atoms with Crippen LogP contribution in [0.25, 0.3) is 10.6 Å². The molecule has 0 aliphatic heterocycles. The first kappa shape index (κ1) is 25.4. The van der Waals surface area contributed by atoms with Crippen LogP contribution >= 0.6 is 11.3 Å². The van der Waals surface area contributed by atoms with E-state index in [9.17, 15) is 18.3 Å². The quantitative estimate of drug-likeness (QED) is 0.401. The molecular formula is C23H23F3N4O3S. The van der Waals surface area contributed by atoms with Crippen LogP contribution in [-0.4, -0.2) is 35.1 Å². The lowest BCUT2D eigenvalue weighted by molar-refractivity contribution is -0.138. The van der Waals surface area contributed by atoms with Gasteiger partial charge in [-0.1, -0.05) is 23.5 Å². The van der Waals surface area contributed by atoms with Crippen molar-refractivity contribution in [1.82, 2.24) is 10.2 Å². The second-order valence-corrected chi connectivity index (χ2v) is 8.69. The number of aliphatic hydroxyl groups excluding tert-OH is 1. The molecule has 180 valence electrons. The fourth-order valence-corrected chi connectivity index (χ4v) is 3.79. The predicted octanol–water partition coefficient (Wildman–Crippen LogP) is 4.50. The smallest absolute Gasteiger partial charge is 0.419 e. The van der Waals surface area contributed by atoms with Crippen molar-refractivity contribution >= 4 is 11.3 Å². The molecule has 0 unspecified atom stereocenters. The maximum absolute atomic E-state index is 13.7. The molecule has 1 atom stereocenters. The van der Waals surface area contributed by atoms with Gasteiger partial charge in [0.25, 0.3) is 0 Å². The maximum atomic E-state index is 13.7. The van der Waals surface area contributed by atoms with Gasteiger partial charge in [-0.05, 0) is 50.1 Å². The molecule has 0 bridgehead atoms. The van der Waals surface area contributed by atoms with Crippen LogP contribution in [-0.2, 0) is 11.7 Å². The monoisotopic (exact) mass is 492 g/mol. The number of aromatic nitrogens is 2. The van der Waals surface area contributed by atoms with Gasteiger partial charge in [0.2, 0.25) is 0 Å². The van der Waals surface area contributed by atoms with E-state index in [-0.39, 0.29) is 29.5 Å². The van der Waals surface area contributed by atoms with Gasteiger partial charge in [0.05, 0.1) is 36.5 Å². The van der Waals surface area contributed by atoms with Gasteiger partial charge in [-0.3, -0.25) is 0 Å². The molecule has 3 aromatic rings. The molecule has 3 rings (SSSR count). The highest BCUT2D eigenvalue weighted by Crippen LogP contribution is 2.39. The number of unbranched alkanes of at least 4 members (excludes halogenated alkanes) is 1. The van der Waals surface area contributed by atoms with Gasteiger partial charge in [0.1, 0.15) is 27.6 Å². The van der Waals surface area contributed by atoms with Crippen molar-refractivity contribution in [3.8, 4) is 28.1 Å². The molecule has 0 amide bonds. The molecule has 0 aliphatic rings. The summed E-state index contributed by atoms with van der Waals surface area (Å²) in [6, 6.07) is 12.6. The normalized spacial score (nSPS) is 13.2. The van der Waals surface area contributed by atoms with Gasteiger partial charge in [0.15, 0.2) is 0 Å². The second kappa shape index (κ2) is 10.8. The molecule has 0 saturated heterocycles. The van der Waals surface area contributed by atoms with Crippen LogP contribution in [0.3, 0.4) is 0 Å². The number of nitriles is 1. The van der Waals surface area contributed by atoms with E-state index >= 15 is 0 Å². The Morgan fingerprint density at radius 1 is 1.06 bits per heavy atom. The fourth-order valence-electron chi connectivity index (χ4n) is 2.90. The molecule has 1 aromatic heterocycles. The SMILES string of the molecule is C[C@](N)(CO)c1nnc(-c2ccc(OCCCCOc3ccccc3C#N)c(C(F)(F)F)c2)s1. The van der Waals surface area contributed by atoms with Gasteiger partial charge in [-0.15, -0.1) is 10.2 Å². The first-order chi connectivity index (χ1) is 16.2. The number of hydrogen-bond acceptors (Lipinski definition) is 8. The summed E-state index contributed by atoms with van der Waals surface area (Å²) >= 11 is 1.02. The number of rotatable bonds is 10. The molecule has 0 aliphatic carbocycles. The van der Waals surface area contributed by atoms with Gasteiger partial charge >= 0.3 is 6.18 Å². The first-order valence-corrected chi connectivity index (χ1v) is 11.2. The van der Waals surface area contributed by atoms with Crippen molar-refractivity contribution in [3.05, 3.63) is 58.6 Å². The third-order valence-electron chi connectivity index (χ3n) is 4.84. The van der Waals surface area contributed by atoms with Crippen molar-refractivity contribution in [2.45, 2.75) is 31.5 Å². The van der Waals surface area contributed by atoms with Crippen molar-refractivity contribution in [2.75, 3.05) is 19.8 Å². The summed E-state index contributed by atoms with van der Waals surface area (Å²) in [4.78, 5) is 0. The predicted molar refractivity (Wildman–Crippen MR) is 120 cm³/mol. The zero-order chi connectivity index (χ0) is 24.8. The minimum atomic E-state index is -4.63. The van der Waals surface area contributed by atoms with Gasteiger partial charge in [-0.25, -0.2) is 0 Å². The topological polar surface area (TPSA) is 114 Å². The van der Waals surface area contributed by atoms with Crippen LogP contribution in [0.2, 0.25) is 0 Å². The van der Waals surface area contributed by atoms with E-state index in [1.807, 2.05) is 6.07 Å². The Balaban J connectivity index is 1.62. The fraction of sp³-hybridized carbons (Fsp3) is 0.348. The third kappa shape index (κ3) is 6.22. The zero-order valence-electron chi connectivity index (χ0n) is 18.3. The standard InChI is InChI=1S/C23H23F3N4O3S/c1-22(28,14-31)21-30-29-20(34-21)15-8-9-19(17(12-15)23(24,25)26)33-11-5-4-10-32-18-7-3-2-6-16(18)13-27/h2-3,6-9,12,31H,4-5,10-11,14,28H2,1H3/t22-/m0/s1. The average molecular weight is 493 g/mol. The Morgan fingerprint density at radius 2 is 1.74 bits per heavy atom. The summed E-state index contributed by atoms with van der Waals surface area (Å²) in [7, 11) is 0. The number of hydrogen-bond donors (Lipinski definition) is 2. The van der Waals surface area contributed by atoms with E-state index in [1.54, 1.807) is 31.2 Å². The third-order valence-corrected chi connectivity index (χ3v) is 6.09. The van der Waals surface area contributed by atoms with Crippen LogP contribution in [0.1, 0.15) is 35.9 Å². The summed E-state index contributed by atoms with van der Waals surface area (Å²) in [5, 5.41) is 26.8. The number of aliphatic hydroxyl groups is 1. The molecule has 7 nitrogen and oxygen atoms in total. The minimum Gasteiger partial charge on any atom is -0.493 e. The van der Waals surface area contributed by atoms with Crippen molar-refractivity contribution in [2.24, 2.45) is 5.73 Å². The van der Waals surface area contributed by atoms with E-state index < -0.39 is 17.3 Å². The van der Waals surface area contributed by atoms with Crippen molar-refractivity contribution in [1.29, 1.82) is 5.26 Å². The molecule has 0 fully saturated rings. The van der Waals surface area contributed by atoms with Gasteiger partial charge in [0, 0.05) is 5.56 Å². The summed E-state index contributed by atoms with van der Waals surface area (Å²) in [5.41, 5.74) is 4.52. The molecule has 0 spiro atoms. The molecular weight excluding hydrogens is 469 g/mol. The molecule has 1 heterocycles. The molecule has 3 N–H and O–H groups in total. The maximum Gasteiger partial charge on any atom is 0.419 e. The van der Waals surface area contributed by atoms with E-state index in [4.69, 9.17) is 20.5 Å². The number of nitrogens with zero attached hydrogens (tertiary/aromatic N) is 3. The first-order valence-electron chi connectivity index (χ1n) is 10.4. The lowest BCUT2D eigenvalue weighted by Gasteiger charge is -2.17. The largest absolute Gasteiger partial charge is 0.493 e.